The van der Waals surface area contributed by atoms with Crippen LogP contribution in [0.4, 0.5) is 0 Å². The molecule has 17 heavy (non-hydrogen) atoms. The number of benzene rings is 1. The van der Waals surface area contributed by atoms with E-state index in [2.05, 4.69) is 5.32 Å². The largest absolute Gasteiger partial charge is 0.466 e. The summed E-state index contributed by atoms with van der Waals surface area (Å²) < 4.78 is 4.93. The zero-order valence-electron chi connectivity index (χ0n) is 10.2. The summed E-state index contributed by atoms with van der Waals surface area (Å²) in [5.41, 5.74) is 1.11. The molecule has 1 rings (SSSR count). The molecule has 0 radical (unpaired) electrons. The van der Waals surface area contributed by atoms with Crippen LogP contribution in [0.5, 0.6) is 0 Å². The van der Waals surface area contributed by atoms with Crippen molar-refractivity contribution in [1.29, 1.82) is 0 Å². The third kappa shape index (κ3) is 5.20. The van der Waals surface area contributed by atoms with Crippen LogP contribution < -0.4 is 5.32 Å². The second-order valence-corrected chi connectivity index (χ2v) is 4.35. The first kappa shape index (κ1) is 14.0. The number of nitrogens with one attached hydrogen (secondary N) is 1. The Morgan fingerprint density at radius 2 is 2.29 bits per heavy atom. The topological polar surface area (TPSA) is 38.3 Å². The van der Waals surface area contributed by atoms with E-state index in [0.29, 0.717) is 19.7 Å². The molecule has 0 spiro atoms. The summed E-state index contributed by atoms with van der Waals surface area (Å²) in [7, 11) is 0. The molecule has 1 aromatic rings. The van der Waals surface area contributed by atoms with Crippen molar-refractivity contribution < 1.29 is 9.53 Å². The number of carbonyl (C=O) groups is 1. The van der Waals surface area contributed by atoms with Crippen LogP contribution in [0.1, 0.15) is 19.4 Å². The molecule has 3 nitrogen and oxygen atoms in total. The lowest BCUT2D eigenvalue weighted by Gasteiger charge is -2.11. The van der Waals surface area contributed by atoms with Gasteiger partial charge in [0.25, 0.3) is 0 Å². The smallest absolute Gasteiger partial charge is 0.309 e. The SMILES string of the molecule is CCOC(=O)C(C)CNCc1cccc(Cl)c1. The fourth-order valence-corrected chi connectivity index (χ4v) is 1.66. The molecule has 0 bridgehead atoms. The van der Waals surface area contributed by atoms with Gasteiger partial charge in [-0.15, -0.1) is 0 Å². The average Bonchev–Trinajstić information content (AvgIpc) is 2.29. The minimum Gasteiger partial charge on any atom is -0.466 e. The van der Waals surface area contributed by atoms with E-state index in [9.17, 15) is 4.79 Å². The number of halogens is 1. The van der Waals surface area contributed by atoms with Gasteiger partial charge in [0.05, 0.1) is 12.5 Å². The van der Waals surface area contributed by atoms with Gasteiger partial charge in [-0.3, -0.25) is 4.79 Å². The lowest BCUT2D eigenvalue weighted by Crippen LogP contribution is -2.27. The van der Waals surface area contributed by atoms with Crippen molar-refractivity contribution in [3.63, 3.8) is 0 Å². The second-order valence-electron chi connectivity index (χ2n) is 3.91. The molecule has 94 valence electrons. The highest BCUT2D eigenvalue weighted by Gasteiger charge is 2.12. The van der Waals surface area contributed by atoms with Gasteiger partial charge in [0.1, 0.15) is 0 Å². The van der Waals surface area contributed by atoms with Crippen molar-refractivity contribution >= 4 is 17.6 Å². The first-order valence-corrected chi connectivity index (χ1v) is 6.13. The van der Waals surface area contributed by atoms with Gasteiger partial charge in [0.15, 0.2) is 0 Å². The monoisotopic (exact) mass is 255 g/mol. The van der Waals surface area contributed by atoms with Gasteiger partial charge in [0.2, 0.25) is 0 Å². The normalized spacial score (nSPS) is 12.2. The number of carbonyl (C=O) groups excluding carboxylic acids is 1. The number of rotatable bonds is 6. The van der Waals surface area contributed by atoms with Crippen molar-refractivity contribution in [2.75, 3.05) is 13.2 Å². The minimum atomic E-state index is -0.161. The highest BCUT2D eigenvalue weighted by atomic mass is 35.5. The Morgan fingerprint density at radius 1 is 1.53 bits per heavy atom. The predicted octanol–water partition coefficient (Wildman–Crippen LogP) is 2.63. The molecule has 1 atom stereocenters. The third-order valence-electron chi connectivity index (χ3n) is 2.36. The van der Waals surface area contributed by atoms with Crippen molar-refractivity contribution in [3.05, 3.63) is 34.9 Å². The summed E-state index contributed by atoms with van der Waals surface area (Å²) in [4.78, 5) is 11.4. The van der Waals surface area contributed by atoms with E-state index in [1.807, 2.05) is 38.1 Å². The summed E-state index contributed by atoms with van der Waals surface area (Å²) in [6.45, 7) is 5.39. The number of ether oxygens (including phenoxy) is 1. The van der Waals surface area contributed by atoms with Gasteiger partial charge in [0, 0.05) is 18.1 Å². The van der Waals surface area contributed by atoms with Gasteiger partial charge in [-0.25, -0.2) is 0 Å². The van der Waals surface area contributed by atoms with Crippen LogP contribution in [0.15, 0.2) is 24.3 Å². The molecule has 1 aromatic carbocycles. The molecular formula is C13H18ClNO2. The summed E-state index contributed by atoms with van der Waals surface area (Å²) >= 11 is 5.88. The highest BCUT2D eigenvalue weighted by molar-refractivity contribution is 6.30. The molecule has 1 unspecified atom stereocenters. The summed E-state index contributed by atoms with van der Waals surface area (Å²) in [5.74, 6) is -0.291. The zero-order chi connectivity index (χ0) is 12.7. The van der Waals surface area contributed by atoms with Gasteiger partial charge >= 0.3 is 5.97 Å². The summed E-state index contributed by atoms with van der Waals surface area (Å²) in [6.07, 6.45) is 0. The van der Waals surface area contributed by atoms with E-state index < -0.39 is 0 Å². The maximum Gasteiger partial charge on any atom is 0.309 e. The predicted molar refractivity (Wildman–Crippen MR) is 69.0 cm³/mol. The van der Waals surface area contributed by atoms with E-state index in [-0.39, 0.29) is 11.9 Å². The maximum atomic E-state index is 11.4. The number of hydrogen-bond donors (Lipinski definition) is 1. The lowest BCUT2D eigenvalue weighted by atomic mass is 10.1. The highest BCUT2D eigenvalue weighted by Crippen LogP contribution is 2.10. The third-order valence-corrected chi connectivity index (χ3v) is 2.59. The van der Waals surface area contributed by atoms with Gasteiger partial charge in [-0.2, -0.15) is 0 Å². The van der Waals surface area contributed by atoms with Crippen molar-refractivity contribution in [1.82, 2.24) is 5.32 Å². The van der Waals surface area contributed by atoms with Gasteiger partial charge in [-0.1, -0.05) is 30.7 Å². The molecule has 0 aromatic heterocycles. The Bertz CT molecular complexity index is 368. The van der Waals surface area contributed by atoms with Gasteiger partial charge in [-0.05, 0) is 24.6 Å². The second kappa shape index (κ2) is 7.30. The van der Waals surface area contributed by atoms with Crippen LogP contribution in [0.25, 0.3) is 0 Å². The summed E-state index contributed by atoms with van der Waals surface area (Å²) in [6, 6.07) is 7.65. The van der Waals surface area contributed by atoms with Crippen molar-refractivity contribution in [2.45, 2.75) is 20.4 Å². The van der Waals surface area contributed by atoms with Crippen molar-refractivity contribution in [3.8, 4) is 0 Å². The molecule has 1 N–H and O–H groups in total. The van der Waals surface area contributed by atoms with Crippen molar-refractivity contribution in [2.24, 2.45) is 5.92 Å². The average molecular weight is 256 g/mol. The fourth-order valence-electron chi connectivity index (χ4n) is 1.45. The Labute approximate surface area is 107 Å². The standard InChI is InChI=1S/C13H18ClNO2/c1-3-17-13(16)10(2)8-15-9-11-5-4-6-12(14)7-11/h4-7,10,15H,3,8-9H2,1-2H3. The molecule has 0 heterocycles. The number of hydrogen-bond acceptors (Lipinski definition) is 3. The Balaban J connectivity index is 2.30. The van der Waals surface area contributed by atoms with Crippen LogP contribution in [-0.4, -0.2) is 19.1 Å². The van der Waals surface area contributed by atoms with E-state index >= 15 is 0 Å². The molecule has 0 saturated carbocycles. The molecule has 0 aliphatic carbocycles. The molecule has 0 amide bonds. The Morgan fingerprint density at radius 3 is 2.94 bits per heavy atom. The first-order valence-electron chi connectivity index (χ1n) is 5.75. The minimum absolute atomic E-state index is 0.130. The molecule has 0 fully saturated rings. The van der Waals surface area contributed by atoms with E-state index in [0.717, 1.165) is 10.6 Å². The first-order chi connectivity index (χ1) is 8.13. The molecule has 0 aliphatic heterocycles. The molecule has 4 heteroatoms. The lowest BCUT2D eigenvalue weighted by molar-refractivity contribution is -0.147. The fraction of sp³-hybridized carbons (Fsp3) is 0.462. The van der Waals surface area contributed by atoms with Crippen LogP contribution in [0, 0.1) is 5.92 Å². The van der Waals surface area contributed by atoms with Crippen LogP contribution in [-0.2, 0) is 16.1 Å². The number of esters is 1. The zero-order valence-corrected chi connectivity index (χ0v) is 11.0. The van der Waals surface area contributed by atoms with Crippen LogP contribution in [0.3, 0.4) is 0 Å². The molecule has 0 saturated heterocycles. The van der Waals surface area contributed by atoms with Crippen LogP contribution in [0.2, 0.25) is 5.02 Å². The van der Waals surface area contributed by atoms with Gasteiger partial charge < -0.3 is 10.1 Å². The Hall–Kier alpha value is -1.06. The Kier molecular flexibility index (Phi) is 6.01. The molecular weight excluding hydrogens is 238 g/mol. The molecule has 0 aliphatic rings. The van der Waals surface area contributed by atoms with E-state index in [4.69, 9.17) is 16.3 Å². The van der Waals surface area contributed by atoms with Crippen LogP contribution >= 0.6 is 11.6 Å². The van der Waals surface area contributed by atoms with E-state index in [1.54, 1.807) is 0 Å². The van der Waals surface area contributed by atoms with E-state index in [1.165, 1.54) is 0 Å². The summed E-state index contributed by atoms with van der Waals surface area (Å²) in [5, 5.41) is 3.93. The maximum absolute atomic E-state index is 11.4. The quantitative estimate of drug-likeness (QED) is 0.795.